The average molecular weight is 162 g/mol. The van der Waals surface area contributed by atoms with E-state index in [-0.39, 0.29) is 0 Å². The van der Waals surface area contributed by atoms with Crippen molar-refractivity contribution in [2.45, 2.75) is 20.8 Å². The third-order valence-corrected chi connectivity index (χ3v) is 1.91. The van der Waals surface area contributed by atoms with Crippen LogP contribution in [-0.2, 0) is 0 Å². The molecule has 64 valence electrons. The molecule has 0 unspecified atom stereocenters. The molecule has 0 fully saturated rings. The summed E-state index contributed by atoms with van der Waals surface area (Å²) >= 11 is 0. The summed E-state index contributed by atoms with van der Waals surface area (Å²) in [7, 11) is 0. The van der Waals surface area contributed by atoms with Crippen LogP contribution in [0.25, 0.3) is 6.08 Å². The van der Waals surface area contributed by atoms with Crippen LogP contribution in [-0.4, -0.2) is 5.11 Å². The van der Waals surface area contributed by atoms with E-state index in [4.69, 9.17) is 0 Å². The molecule has 0 aliphatic heterocycles. The Labute approximate surface area is 73.4 Å². The van der Waals surface area contributed by atoms with Crippen molar-refractivity contribution in [3.05, 3.63) is 34.9 Å². The van der Waals surface area contributed by atoms with Gasteiger partial charge in [-0.3, -0.25) is 0 Å². The van der Waals surface area contributed by atoms with Gasteiger partial charge in [0.2, 0.25) is 0 Å². The third-order valence-electron chi connectivity index (χ3n) is 1.91. The zero-order chi connectivity index (χ0) is 9.14. The van der Waals surface area contributed by atoms with Gasteiger partial charge in [-0.15, -0.1) is 0 Å². The second-order valence-electron chi connectivity index (χ2n) is 3.00. The van der Waals surface area contributed by atoms with Gasteiger partial charge in [-0.05, 0) is 43.5 Å². The molecule has 0 saturated carbocycles. The number of phenolic OH excluding ortho intramolecular Hbond substituents is 1. The van der Waals surface area contributed by atoms with Gasteiger partial charge in [-0.1, -0.05) is 18.2 Å². The standard InChI is InChI=1S/C11H14O/c1-4-5-10-6-8(2)7-11(12)9(10)3/h4-7,12H,1-3H3/b5-4-. The highest BCUT2D eigenvalue weighted by Crippen LogP contribution is 2.23. The molecule has 0 aromatic heterocycles. The number of allylic oxidation sites excluding steroid dienone is 1. The van der Waals surface area contributed by atoms with E-state index in [1.54, 1.807) is 6.07 Å². The van der Waals surface area contributed by atoms with Crippen LogP contribution in [0, 0.1) is 13.8 Å². The summed E-state index contributed by atoms with van der Waals surface area (Å²) in [5, 5.41) is 9.47. The van der Waals surface area contributed by atoms with Crippen molar-refractivity contribution in [2.24, 2.45) is 0 Å². The van der Waals surface area contributed by atoms with Crippen LogP contribution < -0.4 is 0 Å². The molecule has 1 nitrogen and oxygen atoms in total. The fraction of sp³-hybridized carbons (Fsp3) is 0.273. The van der Waals surface area contributed by atoms with Crippen molar-refractivity contribution in [1.82, 2.24) is 0 Å². The molecule has 0 spiro atoms. The lowest BCUT2D eigenvalue weighted by Crippen LogP contribution is -1.83. The van der Waals surface area contributed by atoms with Crippen LogP contribution in [0.1, 0.15) is 23.6 Å². The van der Waals surface area contributed by atoms with Crippen molar-refractivity contribution in [2.75, 3.05) is 0 Å². The van der Waals surface area contributed by atoms with Gasteiger partial charge in [0.1, 0.15) is 5.75 Å². The molecule has 0 amide bonds. The minimum Gasteiger partial charge on any atom is -0.508 e. The topological polar surface area (TPSA) is 20.2 Å². The van der Waals surface area contributed by atoms with Gasteiger partial charge >= 0.3 is 0 Å². The maximum Gasteiger partial charge on any atom is 0.119 e. The van der Waals surface area contributed by atoms with Gasteiger partial charge in [0.15, 0.2) is 0 Å². The molecule has 0 heterocycles. The third kappa shape index (κ3) is 1.67. The van der Waals surface area contributed by atoms with E-state index >= 15 is 0 Å². The minimum absolute atomic E-state index is 0.378. The van der Waals surface area contributed by atoms with E-state index in [1.807, 2.05) is 32.9 Å². The first-order chi connectivity index (χ1) is 5.65. The quantitative estimate of drug-likeness (QED) is 0.673. The Morgan fingerprint density at radius 1 is 1.25 bits per heavy atom. The van der Waals surface area contributed by atoms with E-state index in [0.29, 0.717) is 5.75 Å². The van der Waals surface area contributed by atoms with Gasteiger partial charge in [-0.2, -0.15) is 0 Å². The van der Waals surface area contributed by atoms with E-state index in [2.05, 4.69) is 6.07 Å². The molecule has 0 aliphatic rings. The number of rotatable bonds is 1. The second kappa shape index (κ2) is 3.44. The molecule has 0 atom stereocenters. The molecule has 0 bridgehead atoms. The first-order valence-electron chi connectivity index (χ1n) is 4.08. The summed E-state index contributed by atoms with van der Waals surface area (Å²) < 4.78 is 0. The molecular weight excluding hydrogens is 148 g/mol. The van der Waals surface area contributed by atoms with Gasteiger partial charge < -0.3 is 5.11 Å². The Hall–Kier alpha value is -1.24. The molecule has 1 aromatic carbocycles. The molecule has 1 heteroatoms. The van der Waals surface area contributed by atoms with Gasteiger partial charge in [0.25, 0.3) is 0 Å². The highest BCUT2D eigenvalue weighted by Gasteiger charge is 2.00. The Morgan fingerprint density at radius 3 is 2.50 bits per heavy atom. The number of phenols is 1. The maximum atomic E-state index is 9.47. The summed E-state index contributed by atoms with van der Waals surface area (Å²) in [5.74, 6) is 0.378. The summed E-state index contributed by atoms with van der Waals surface area (Å²) in [6.07, 6.45) is 3.98. The molecule has 1 rings (SSSR count). The Bertz CT molecular complexity index is 311. The molecular formula is C11H14O. The van der Waals surface area contributed by atoms with E-state index in [0.717, 1.165) is 16.7 Å². The lowest BCUT2D eigenvalue weighted by atomic mass is 10.0. The predicted octanol–water partition coefficient (Wildman–Crippen LogP) is 3.04. The minimum atomic E-state index is 0.378. The fourth-order valence-electron chi connectivity index (χ4n) is 1.22. The van der Waals surface area contributed by atoms with E-state index in [1.165, 1.54) is 0 Å². The molecule has 1 N–H and O–H groups in total. The smallest absolute Gasteiger partial charge is 0.119 e. The SMILES string of the molecule is C/C=C\c1cc(C)cc(O)c1C. The zero-order valence-electron chi connectivity index (χ0n) is 7.76. The van der Waals surface area contributed by atoms with Crippen LogP contribution in [0.4, 0.5) is 0 Å². The lowest BCUT2D eigenvalue weighted by molar-refractivity contribution is 0.470. The number of aryl methyl sites for hydroxylation is 1. The van der Waals surface area contributed by atoms with Gasteiger partial charge in [-0.25, -0.2) is 0 Å². The maximum absolute atomic E-state index is 9.47. The van der Waals surface area contributed by atoms with Crippen LogP contribution in [0.5, 0.6) is 5.75 Å². The number of hydrogen-bond acceptors (Lipinski definition) is 1. The Morgan fingerprint density at radius 2 is 1.92 bits per heavy atom. The van der Waals surface area contributed by atoms with Gasteiger partial charge in [0, 0.05) is 0 Å². The van der Waals surface area contributed by atoms with Crippen LogP contribution in [0.15, 0.2) is 18.2 Å². The number of aromatic hydroxyl groups is 1. The monoisotopic (exact) mass is 162 g/mol. The summed E-state index contributed by atoms with van der Waals surface area (Å²) in [6.45, 7) is 5.87. The first-order valence-corrected chi connectivity index (χ1v) is 4.08. The fourth-order valence-corrected chi connectivity index (χ4v) is 1.22. The average Bonchev–Trinajstić information content (AvgIpc) is 2.00. The Balaban J connectivity index is 3.27. The van der Waals surface area contributed by atoms with Gasteiger partial charge in [0.05, 0.1) is 0 Å². The predicted molar refractivity (Wildman–Crippen MR) is 52.3 cm³/mol. The lowest BCUT2D eigenvalue weighted by Gasteiger charge is -2.04. The van der Waals surface area contributed by atoms with Crippen molar-refractivity contribution >= 4 is 6.08 Å². The van der Waals surface area contributed by atoms with Crippen molar-refractivity contribution in [3.63, 3.8) is 0 Å². The highest BCUT2D eigenvalue weighted by atomic mass is 16.3. The number of hydrogen-bond donors (Lipinski definition) is 1. The summed E-state index contributed by atoms with van der Waals surface area (Å²) in [6, 6.07) is 3.84. The molecule has 0 radical (unpaired) electrons. The van der Waals surface area contributed by atoms with E-state index < -0.39 is 0 Å². The highest BCUT2D eigenvalue weighted by molar-refractivity contribution is 5.58. The molecule has 1 aromatic rings. The molecule has 0 saturated heterocycles. The molecule has 0 aliphatic carbocycles. The van der Waals surface area contributed by atoms with E-state index in [9.17, 15) is 5.11 Å². The Kier molecular flexibility index (Phi) is 2.54. The van der Waals surface area contributed by atoms with Crippen LogP contribution in [0.2, 0.25) is 0 Å². The van der Waals surface area contributed by atoms with Crippen LogP contribution in [0.3, 0.4) is 0 Å². The summed E-state index contributed by atoms with van der Waals surface area (Å²) in [5.41, 5.74) is 3.12. The largest absolute Gasteiger partial charge is 0.508 e. The summed E-state index contributed by atoms with van der Waals surface area (Å²) in [4.78, 5) is 0. The van der Waals surface area contributed by atoms with Crippen LogP contribution >= 0.6 is 0 Å². The van der Waals surface area contributed by atoms with Crippen molar-refractivity contribution < 1.29 is 5.11 Å². The van der Waals surface area contributed by atoms with Crippen molar-refractivity contribution in [3.8, 4) is 5.75 Å². The van der Waals surface area contributed by atoms with Crippen molar-refractivity contribution in [1.29, 1.82) is 0 Å². The number of benzene rings is 1. The first kappa shape index (κ1) is 8.85. The zero-order valence-corrected chi connectivity index (χ0v) is 7.76. The normalized spacial score (nSPS) is 10.9. The second-order valence-corrected chi connectivity index (χ2v) is 3.00. The molecule has 12 heavy (non-hydrogen) atoms.